The minimum Gasteiger partial charge on any atom is -0.307 e. The number of nitriles is 1. The largest absolute Gasteiger partial charge is 0.307 e. The Balaban J connectivity index is 1.76. The van der Waals surface area contributed by atoms with Gasteiger partial charge in [0.05, 0.1) is 16.6 Å². The SMILES string of the molecule is N#Cc1c(C(=O)c2ccccc2)c(C(=O)c2ccccc2)c2cc(Cc3ccccc3)ccn12. The molecule has 4 heteroatoms. The zero-order valence-electron chi connectivity index (χ0n) is 18.3. The van der Waals surface area contributed by atoms with Crippen molar-refractivity contribution < 1.29 is 9.59 Å². The van der Waals surface area contributed by atoms with Crippen LogP contribution in [0.1, 0.15) is 48.7 Å². The van der Waals surface area contributed by atoms with Crippen molar-refractivity contribution in [3.05, 3.63) is 148 Å². The Bertz CT molecular complexity index is 1540. The van der Waals surface area contributed by atoms with Gasteiger partial charge in [-0.05, 0) is 29.7 Å². The maximum Gasteiger partial charge on any atom is 0.196 e. The summed E-state index contributed by atoms with van der Waals surface area (Å²) < 4.78 is 1.65. The molecule has 0 N–H and O–H groups in total. The van der Waals surface area contributed by atoms with Gasteiger partial charge in [-0.25, -0.2) is 0 Å². The van der Waals surface area contributed by atoms with E-state index in [-0.39, 0.29) is 28.4 Å². The molecule has 2 aromatic heterocycles. The first kappa shape index (κ1) is 21.1. The molecule has 2 heterocycles. The highest BCUT2D eigenvalue weighted by Gasteiger charge is 2.29. The smallest absolute Gasteiger partial charge is 0.196 e. The summed E-state index contributed by atoms with van der Waals surface area (Å²) in [4.78, 5) is 27.4. The van der Waals surface area contributed by atoms with E-state index >= 15 is 0 Å². The first-order valence-corrected chi connectivity index (χ1v) is 11.0. The van der Waals surface area contributed by atoms with Gasteiger partial charge in [-0.2, -0.15) is 5.26 Å². The van der Waals surface area contributed by atoms with Gasteiger partial charge in [-0.1, -0.05) is 91.0 Å². The molecule has 0 amide bonds. The topological polar surface area (TPSA) is 62.3 Å². The van der Waals surface area contributed by atoms with Crippen molar-refractivity contribution in [3.8, 4) is 6.07 Å². The summed E-state index contributed by atoms with van der Waals surface area (Å²) in [5.74, 6) is -0.625. The molecule has 0 aliphatic heterocycles. The summed E-state index contributed by atoms with van der Waals surface area (Å²) in [5.41, 5.74) is 4.13. The van der Waals surface area contributed by atoms with E-state index in [0.717, 1.165) is 11.1 Å². The molecule has 0 aliphatic carbocycles. The predicted octanol–water partition coefficient (Wildman–Crippen LogP) is 5.86. The fourth-order valence-electron chi connectivity index (χ4n) is 4.27. The third-order valence-electron chi connectivity index (χ3n) is 5.89. The molecule has 5 aromatic rings. The van der Waals surface area contributed by atoms with Crippen molar-refractivity contribution in [2.75, 3.05) is 0 Å². The van der Waals surface area contributed by atoms with Crippen molar-refractivity contribution in [3.63, 3.8) is 0 Å². The number of ketones is 2. The van der Waals surface area contributed by atoms with Gasteiger partial charge in [0, 0.05) is 17.3 Å². The van der Waals surface area contributed by atoms with Gasteiger partial charge in [0.1, 0.15) is 11.8 Å². The van der Waals surface area contributed by atoms with Crippen molar-refractivity contribution in [2.24, 2.45) is 0 Å². The van der Waals surface area contributed by atoms with Crippen LogP contribution in [0.15, 0.2) is 109 Å². The molecule has 0 fully saturated rings. The second kappa shape index (κ2) is 9.01. The molecular formula is C30H20N2O2. The lowest BCUT2D eigenvalue weighted by Gasteiger charge is -2.06. The summed E-state index contributed by atoms with van der Waals surface area (Å²) >= 11 is 0. The van der Waals surface area contributed by atoms with E-state index < -0.39 is 0 Å². The van der Waals surface area contributed by atoms with E-state index in [4.69, 9.17) is 0 Å². The Morgan fingerprint density at radius 3 is 1.76 bits per heavy atom. The summed E-state index contributed by atoms with van der Waals surface area (Å²) in [6, 6.07) is 33.7. The maximum atomic E-state index is 13.7. The van der Waals surface area contributed by atoms with Gasteiger partial charge in [0.15, 0.2) is 11.6 Å². The first-order valence-electron chi connectivity index (χ1n) is 11.0. The number of nitrogens with zero attached hydrogens (tertiary/aromatic N) is 2. The Morgan fingerprint density at radius 2 is 1.21 bits per heavy atom. The van der Waals surface area contributed by atoms with Gasteiger partial charge in [-0.15, -0.1) is 0 Å². The molecule has 0 unspecified atom stereocenters. The minimum atomic E-state index is -0.343. The Morgan fingerprint density at radius 1 is 0.676 bits per heavy atom. The average Bonchev–Trinajstić information content (AvgIpc) is 3.23. The monoisotopic (exact) mass is 440 g/mol. The number of hydrogen-bond donors (Lipinski definition) is 0. The third kappa shape index (κ3) is 3.80. The van der Waals surface area contributed by atoms with E-state index in [1.165, 1.54) is 0 Å². The summed E-state index contributed by atoms with van der Waals surface area (Å²) in [6.45, 7) is 0. The Labute approximate surface area is 197 Å². The number of carbonyl (C=O) groups excluding carboxylic acids is 2. The van der Waals surface area contributed by atoms with E-state index in [1.54, 1.807) is 59.1 Å². The molecule has 0 spiro atoms. The highest BCUT2D eigenvalue weighted by molar-refractivity contribution is 6.24. The predicted molar refractivity (Wildman–Crippen MR) is 131 cm³/mol. The highest BCUT2D eigenvalue weighted by Crippen LogP contribution is 2.30. The third-order valence-corrected chi connectivity index (χ3v) is 5.89. The number of fused-ring (bicyclic) bond motifs is 1. The van der Waals surface area contributed by atoms with Crippen molar-refractivity contribution >= 4 is 17.1 Å². The number of hydrogen-bond acceptors (Lipinski definition) is 3. The molecule has 0 aliphatic rings. The zero-order valence-corrected chi connectivity index (χ0v) is 18.3. The standard InChI is InChI=1S/C30H20N2O2/c31-20-26-28(30(34)24-14-8-3-9-15-24)27(29(33)23-12-6-2-7-13-23)25-19-22(16-17-32(25)26)18-21-10-4-1-5-11-21/h1-17,19H,18H2. The zero-order chi connectivity index (χ0) is 23.5. The number of aromatic nitrogens is 1. The van der Waals surface area contributed by atoms with Crippen LogP contribution in [-0.2, 0) is 6.42 Å². The molecule has 0 saturated carbocycles. The van der Waals surface area contributed by atoms with Gasteiger partial charge >= 0.3 is 0 Å². The van der Waals surface area contributed by atoms with Crippen LogP contribution in [0.5, 0.6) is 0 Å². The number of pyridine rings is 1. The molecular weight excluding hydrogens is 420 g/mol. The van der Waals surface area contributed by atoms with Gasteiger partial charge < -0.3 is 4.40 Å². The van der Waals surface area contributed by atoms with Crippen LogP contribution in [0.2, 0.25) is 0 Å². The van der Waals surface area contributed by atoms with Gasteiger partial charge in [-0.3, -0.25) is 9.59 Å². The lowest BCUT2D eigenvalue weighted by Crippen LogP contribution is -2.10. The van der Waals surface area contributed by atoms with Crippen molar-refractivity contribution in [1.82, 2.24) is 4.40 Å². The van der Waals surface area contributed by atoms with Crippen LogP contribution in [-0.4, -0.2) is 16.0 Å². The Kier molecular flexibility index (Phi) is 5.60. The second-order valence-electron chi connectivity index (χ2n) is 8.05. The van der Waals surface area contributed by atoms with E-state index in [1.807, 2.05) is 54.6 Å². The van der Waals surface area contributed by atoms with Crippen LogP contribution in [0.4, 0.5) is 0 Å². The van der Waals surface area contributed by atoms with Crippen LogP contribution in [0, 0.1) is 11.3 Å². The molecule has 162 valence electrons. The average molecular weight is 441 g/mol. The minimum absolute atomic E-state index is 0.138. The molecule has 0 bridgehead atoms. The van der Waals surface area contributed by atoms with E-state index in [0.29, 0.717) is 23.1 Å². The van der Waals surface area contributed by atoms with Crippen LogP contribution in [0.25, 0.3) is 5.52 Å². The molecule has 0 radical (unpaired) electrons. The fourth-order valence-corrected chi connectivity index (χ4v) is 4.27. The summed E-state index contributed by atoms with van der Waals surface area (Å²) in [7, 11) is 0. The van der Waals surface area contributed by atoms with Gasteiger partial charge in [0.2, 0.25) is 0 Å². The van der Waals surface area contributed by atoms with Crippen LogP contribution in [0.3, 0.4) is 0 Å². The summed E-state index contributed by atoms with van der Waals surface area (Å²) in [6.07, 6.45) is 2.45. The summed E-state index contributed by atoms with van der Waals surface area (Å²) in [5, 5.41) is 10.0. The number of rotatable bonds is 6. The molecule has 34 heavy (non-hydrogen) atoms. The second-order valence-corrected chi connectivity index (χ2v) is 8.05. The maximum absolute atomic E-state index is 13.7. The van der Waals surface area contributed by atoms with E-state index in [2.05, 4.69) is 6.07 Å². The van der Waals surface area contributed by atoms with Crippen LogP contribution < -0.4 is 0 Å². The lowest BCUT2D eigenvalue weighted by atomic mass is 9.94. The van der Waals surface area contributed by atoms with Crippen molar-refractivity contribution in [2.45, 2.75) is 6.42 Å². The fraction of sp³-hybridized carbons (Fsp3) is 0.0333. The molecule has 0 saturated heterocycles. The van der Waals surface area contributed by atoms with Gasteiger partial charge in [0.25, 0.3) is 0 Å². The molecule has 5 rings (SSSR count). The number of benzene rings is 3. The number of carbonyl (C=O) groups is 2. The van der Waals surface area contributed by atoms with E-state index in [9.17, 15) is 14.9 Å². The first-order chi connectivity index (χ1) is 16.7. The quantitative estimate of drug-likeness (QED) is 0.311. The normalized spacial score (nSPS) is 10.7. The molecule has 0 atom stereocenters. The molecule has 3 aromatic carbocycles. The van der Waals surface area contributed by atoms with Crippen molar-refractivity contribution in [1.29, 1.82) is 5.26 Å². The molecule has 4 nitrogen and oxygen atoms in total. The highest BCUT2D eigenvalue weighted by atomic mass is 16.1. The van der Waals surface area contributed by atoms with Crippen LogP contribution >= 0.6 is 0 Å². The lowest BCUT2D eigenvalue weighted by molar-refractivity contribution is 0.100. The Hall–Kier alpha value is -4.75.